The maximum Gasteiger partial charge on any atom is 0.331 e. The van der Waals surface area contributed by atoms with E-state index in [-0.39, 0.29) is 31.2 Å². The van der Waals surface area contributed by atoms with Crippen molar-refractivity contribution in [2.24, 2.45) is 5.92 Å². The first kappa shape index (κ1) is 17.9. The summed E-state index contributed by atoms with van der Waals surface area (Å²) in [6, 6.07) is 5.79. The minimum Gasteiger partial charge on any atom is -0.479 e. The van der Waals surface area contributed by atoms with E-state index < -0.39 is 29.2 Å². The Morgan fingerprint density at radius 1 is 1.46 bits per heavy atom. The smallest absolute Gasteiger partial charge is 0.331 e. The molecule has 1 aromatic rings. The van der Waals surface area contributed by atoms with Crippen molar-refractivity contribution in [1.29, 1.82) is 0 Å². The fourth-order valence-electron chi connectivity index (χ4n) is 2.60. The van der Waals surface area contributed by atoms with Crippen LogP contribution >= 0.6 is 0 Å². The molecular weight excluding hydrogens is 319 g/mol. The second-order valence-corrected chi connectivity index (χ2v) is 5.92. The van der Waals surface area contributed by atoms with Gasteiger partial charge in [-0.25, -0.2) is 9.18 Å². The first-order chi connectivity index (χ1) is 11.3. The Morgan fingerprint density at radius 2 is 2.12 bits per heavy atom. The molecule has 0 saturated carbocycles. The molecule has 1 heterocycles. The van der Waals surface area contributed by atoms with Gasteiger partial charge >= 0.3 is 5.97 Å². The van der Waals surface area contributed by atoms with Crippen LogP contribution in [0.1, 0.15) is 13.3 Å². The molecule has 0 aromatic heterocycles. The number of nitrogens with zero attached hydrogens (tertiary/aromatic N) is 1. The summed E-state index contributed by atoms with van der Waals surface area (Å²) in [4.78, 5) is 37.0. The molecule has 7 nitrogen and oxygen atoms in total. The lowest BCUT2D eigenvalue weighted by Crippen LogP contribution is -2.56. The summed E-state index contributed by atoms with van der Waals surface area (Å²) in [5, 5.41) is 11.7. The molecule has 1 aliphatic heterocycles. The number of halogens is 1. The van der Waals surface area contributed by atoms with Gasteiger partial charge in [0.1, 0.15) is 5.82 Å². The standard InChI is InChI=1S/C16H19FN2O5/c1-16(9-24-2,15(22)23)18-14(21)10-7-13(20)19(8-10)12-6-4-3-5-11(12)17/h3-6,10H,7-9H2,1-2H3,(H,18,21)(H,22,23). The number of anilines is 1. The van der Waals surface area contributed by atoms with Crippen LogP contribution in [0, 0.1) is 11.7 Å². The maximum absolute atomic E-state index is 13.8. The maximum atomic E-state index is 13.8. The topological polar surface area (TPSA) is 95.9 Å². The number of para-hydroxylation sites is 1. The van der Waals surface area contributed by atoms with Gasteiger partial charge in [0.05, 0.1) is 18.2 Å². The molecule has 2 unspecified atom stereocenters. The Hall–Kier alpha value is -2.48. The molecule has 0 radical (unpaired) electrons. The molecule has 0 aliphatic carbocycles. The number of hydrogen-bond acceptors (Lipinski definition) is 4. The predicted molar refractivity (Wildman–Crippen MR) is 82.9 cm³/mol. The SMILES string of the molecule is COCC(C)(NC(=O)C1CC(=O)N(c2ccccc2F)C1)C(=O)O. The van der Waals surface area contributed by atoms with Crippen LogP contribution in [0.2, 0.25) is 0 Å². The predicted octanol–water partition coefficient (Wildman–Crippen LogP) is 0.784. The minimum absolute atomic E-state index is 0.00567. The molecule has 2 rings (SSSR count). The van der Waals surface area contributed by atoms with E-state index in [0.29, 0.717) is 0 Å². The second-order valence-electron chi connectivity index (χ2n) is 5.92. The number of nitrogens with one attached hydrogen (secondary N) is 1. The molecule has 8 heteroatoms. The first-order valence-corrected chi connectivity index (χ1v) is 7.37. The van der Waals surface area contributed by atoms with Gasteiger partial charge in [0, 0.05) is 20.1 Å². The highest BCUT2D eigenvalue weighted by Crippen LogP contribution is 2.27. The van der Waals surface area contributed by atoms with Crippen molar-refractivity contribution in [3.63, 3.8) is 0 Å². The molecule has 2 N–H and O–H groups in total. The zero-order chi connectivity index (χ0) is 17.9. The van der Waals surface area contributed by atoms with Crippen molar-refractivity contribution in [1.82, 2.24) is 5.32 Å². The Morgan fingerprint density at radius 3 is 2.71 bits per heavy atom. The molecule has 0 bridgehead atoms. The number of carboxylic acid groups (broad SMARTS) is 1. The van der Waals surface area contributed by atoms with Gasteiger partial charge in [0.25, 0.3) is 0 Å². The van der Waals surface area contributed by atoms with Gasteiger partial charge in [-0.1, -0.05) is 12.1 Å². The number of amides is 2. The molecule has 2 atom stereocenters. The van der Waals surface area contributed by atoms with E-state index in [0.717, 1.165) is 0 Å². The van der Waals surface area contributed by atoms with E-state index in [1.54, 1.807) is 6.07 Å². The summed E-state index contributed by atoms with van der Waals surface area (Å²) in [5.74, 6) is -3.52. The normalized spacial score (nSPS) is 19.9. The summed E-state index contributed by atoms with van der Waals surface area (Å²) < 4.78 is 18.7. The number of rotatable bonds is 6. The van der Waals surface area contributed by atoms with Crippen molar-refractivity contribution in [2.45, 2.75) is 18.9 Å². The first-order valence-electron chi connectivity index (χ1n) is 7.37. The number of carbonyl (C=O) groups excluding carboxylic acids is 2. The lowest BCUT2D eigenvalue weighted by atomic mass is 10.0. The van der Waals surface area contributed by atoms with E-state index in [4.69, 9.17) is 4.74 Å². The van der Waals surface area contributed by atoms with Crippen LogP contribution in [-0.2, 0) is 19.1 Å². The quantitative estimate of drug-likeness (QED) is 0.799. The Kier molecular flexibility index (Phi) is 5.18. The van der Waals surface area contributed by atoms with Crippen LogP contribution in [0.3, 0.4) is 0 Å². The monoisotopic (exact) mass is 338 g/mol. The number of aliphatic carboxylic acids is 1. The van der Waals surface area contributed by atoms with Crippen LogP contribution in [0.4, 0.5) is 10.1 Å². The molecule has 1 aromatic carbocycles. The van der Waals surface area contributed by atoms with E-state index in [9.17, 15) is 23.9 Å². The summed E-state index contributed by atoms with van der Waals surface area (Å²) in [7, 11) is 1.33. The number of carboxylic acids is 1. The third-order valence-corrected chi connectivity index (χ3v) is 3.94. The number of hydrogen-bond donors (Lipinski definition) is 2. The second kappa shape index (κ2) is 6.96. The summed E-state index contributed by atoms with van der Waals surface area (Å²) in [6.07, 6.45) is -0.108. The fraction of sp³-hybridized carbons (Fsp3) is 0.438. The molecule has 1 saturated heterocycles. The molecular formula is C16H19FN2O5. The number of carbonyl (C=O) groups is 3. The summed E-state index contributed by atoms with van der Waals surface area (Å²) in [6.45, 7) is 1.10. The van der Waals surface area contributed by atoms with Gasteiger partial charge in [-0.3, -0.25) is 9.59 Å². The highest BCUT2D eigenvalue weighted by atomic mass is 19.1. The zero-order valence-corrected chi connectivity index (χ0v) is 13.4. The van der Waals surface area contributed by atoms with Gasteiger partial charge in [-0.15, -0.1) is 0 Å². The van der Waals surface area contributed by atoms with Crippen molar-refractivity contribution in [3.8, 4) is 0 Å². The lowest BCUT2D eigenvalue weighted by Gasteiger charge is -2.26. The van der Waals surface area contributed by atoms with E-state index >= 15 is 0 Å². The van der Waals surface area contributed by atoms with E-state index in [2.05, 4.69) is 5.32 Å². The van der Waals surface area contributed by atoms with Crippen molar-refractivity contribution in [2.75, 3.05) is 25.2 Å². The van der Waals surface area contributed by atoms with Gasteiger partial charge < -0.3 is 20.1 Å². The van der Waals surface area contributed by atoms with Crippen LogP contribution < -0.4 is 10.2 Å². The van der Waals surface area contributed by atoms with Crippen molar-refractivity contribution >= 4 is 23.5 Å². The Bertz CT molecular complexity index is 666. The third kappa shape index (κ3) is 3.53. The number of methoxy groups -OCH3 is 1. The number of ether oxygens (including phenoxy) is 1. The average Bonchev–Trinajstić information content (AvgIpc) is 2.90. The van der Waals surface area contributed by atoms with E-state index in [1.165, 1.54) is 37.1 Å². The van der Waals surface area contributed by atoms with Crippen molar-refractivity contribution in [3.05, 3.63) is 30.1 Å². The van der Waals surface area contributed by atoms with Crippen LogP contribution in [0.15, 0.2) is 24.3 Å². The summed E-state index contributed by atoms with van der Waals surface area (Å²) in [5.41, 5.74) is -1.49. The molecule has 0 spiro atoms. The highest BCUT2D eigenvalue weighted by molar-refractivity contribution is 6.01. The molecule has 1 aliphatic rings. The van der Waals surface area contributed by atoms with Gasteiger partial charge in [-0.05, 0) is 19.1 Å². The largest absolute Gasteiger partial charge is 0.479 e. The molecule has 2 amide bonds. The van der Waals surface area contributed by atoms with E-state index in [1.807, 2.05) is 0 Å². The Labute approximate surface area is 138 Å². The highest BCUT2D eigenvalue weighted by Gasteiger charge is 2.41. The summed E-state index contributed by atoms with van der Waals surface area (Å²) >= 11 is 0. The molecule has 1 fully saturated rings. The molecule has 130 valence electrons. The van der Waals surface area contributed by atoms with Gasteiger partial charge in [-0.2, -0.15) is 0 Å². The van der Waals surface area contributed by atoms with Gasteiger partial charge in [0.15, 0.2) is 5.54 Å². The van der Waals surface area contributed by atoms with Crippen molar-refractivity contribution < 1.29 is 28.6 Å². The van der Waals surface area contributed by atoms with Crippen LogP contribution in [0.5, 0.6) is 0 Å². The third-order valence-electron chi connectivity index (χ3n) is 3.94. The van der Waals surface area contributed by atoms with Crippen LogP contribution in [0.25, 0.3) is 0 Å². The lowest BCUT2D eigenvalue weighted by molar-refractivity contribution is -0.149. The fourth-order valence-corrected chi connectivity index (χ4v) is 2.60. The van der Waals surface area contributed by atoms with Gasteiger partial charge in [0.2, 0.25) is 11.8 Å². The van der Waals surface area contributed by atoms with Crippen LogP contribution in [-0.4, -0.2) is 48.7 Å². The molecule has 24 heavy (non-hydrogen) atoms. The Balaban J connectivity index is 2.12. The average molecular weight is 338 g/mol. The zero-order valence-electron chi connectivity index (χ0n) is 13.4. The minimum atomic E-state index is -1.60. The number of benzene rings is 1.